The first kappa shape index (κ1) is 14.3. The van der Waals surface area contributed by atoms with Crippen LogP contribution in [0.15, 0.2) is 29.2 Å². The first-order valence-corrected chi connectivity index (χ1v) is 8.26. The van der Waals surface area contributed by atoms with E-state index >= 15 is 0 Å². The Hall–Kier alpha value is -1.07. The van der Waals surface area contributed by atoms with E-state index in [1.54, 1.807) is 0 Å². The van der Waals surface area contributed by atoms with Crippen LogP contribution in [0.1, 0.15) is 32.6 Å². The highest BCUT2D eigenvalue weighted by Gasteiger charge is 2.23. The summed E-state index contributed by atoms with van der Waals surface area (Å²) in [6, 6.07) is 5.76. The van der Waals surface area contributed by atoms with Crippen molar-refractivity contribution in [3.63, 3.8) is 0 Å². The average molecular weight is 283 g/mol. The molecule has 1 aliphatic carbocycles. The molecule has 2 atom stereocenters. The van der Waals surface area contributed by atoms with Gasteiger partial charge in [0.15, 0.2) is 0 Å². The van der Waals surface area contributed by atoms with Gasteiger partial charge in [0.25, 0.3) is 0 Å². The summed E-state index contributed by atoms with van der Waals surface area (Å²) in [5.74, 6) is 0.954. The molecule has 4 nitrogen and oxygen atoms in total. The van der Waals surface area contributed by atoms with Gasteiger partial charge in [-0.25, -0.2) is 13.1 Å². The molecular formula is C14H21NO3S. The highest BCUT2D eigenvalue weighted by molar-refractivity contribution is 7.89. The zero-order chi connectivity index (χ0) is 13.9. The number of hydrogen-bond acceptors (Lipinski definition) is 3. The highest BCUT2D eigenvalue weighted by atomic mass is 32.2. The third kappa shape index (κ3) is 3.70. The van der Waals surface area contributed by atoms with Gasteiger partial charge in [0.2, 0.25) is 10.0 Å². The summed E-state index contributed by atoms with van der Waals surface area (Å²) in [5.41, 5.74) is 0. The lowest BCUT2D eigenvalue weighted by Crippen LogP contribution is -2.33. The van der Waals surface area contributed by atoms with Crippen molar-refractivity contribution in [2.75, 3.05) is 6.54 Å². The number of phenols is 1. The summed E-state index contributed by atoms with van der Waals surface area (Å²) >= 11 is 0. The largest absolute Gasteiger partial charge is 0.508 e. The Morgan fingerprint density at radius 2 is 2.05 bits per heavy atom. The van der Waals surface area contributed by atoms with Gasteiger partial charge in [-0.3, -0.25) is 0 Å². The molecule has 1 aromatic rings. The van der Waals surface area contributed by atoms with Crippen molar-refractivity contribution in [1.29, 1.82) is 0 Å². The van der Waals surface area contributed by atoms with Gasteiger partial charge in [0.05, 0.1) is 4.90 Å². The van der Waals surface area contributed by atoms with Gasteiger partial charge in [-0.1, -0.05) is 32.3 Å². The molecule has 2 N–H and O–H groups in total. The third-order valence-electron chi connectivity index (χ3n) is 3.95. The van der Waals surface area contributed by atoms with Crippen molar-refractivity contribution in [1.82, 2.24) is 4.72 Å². The lowest BCUT2D eigenvalue weighted by atomic mass is 9.81. The smallest absolute Gasteiger partial charge is 0.240 e. The van der Waals surface area contributed by atoms with Gasteiger partial charge in [-0.15, -0.1) is 0 Å². The van der Waals surface area contributed by atoms with Gasteiger partial charge >= 0.3 is 0 Å². The zero-order valence-corrected chi connectivity index (χ0v) is 12.0. The molecule has 0 amide bonds. The first-order valence-electron chi connectivity index (χ1n) is 6.78. The van der Waals surface area contributed by atoms with Crippen molar-refractivity contribution in [3.05, 3.63) is 24.3 Å². The Labute approximate surface area is 114 Å². The fraction of sp³-hybridized carbons (Fsp3) is 0.571. The van der Waals surface area contributed by atoms with E-state index in [4.69, 9.17) is 0 Å². The van der Waals surface area contributed by atoms with Gasteiger partial charge in [0.1, 0.15) is 5.75 Å². The Morgan fingerprint density at radius 3 is 2.74 bits per heavy atom. The number of rotatable bonds is 4. The van der Waals surface area contributed by atoms with Crippen molar-refractivity contribution >= 4 is 10.0 Å². The van der Waals surface area contributed by atoms with Crippen LogP contribution in [0.25, 0.3) is 0 Å². The lowest BCUT2D eigenvalue weighted by Gasteiger charge is -2.28. The van der Waals surface area contributed by atoms with Crippen molar-refractivity contribution in [2.45, 2.75) is 37.5 Å². The number of aromatic hydroxyl groups is 1. The maximum absolute atomic E-state index is 12.1. The van der Waals surface area contributed by atoms with Gasteiger partial charge in [0, 0.05) is 6.54 Å². The summed E-state index contributed by atoms with van der Waals surface area (Å²) in [6.07, 6.45) is 4.70. The molecule has 0 bridgehead atoms. The summed E-state index contributed by atoms with van der Waals surface area (Å²) in [4.78, 5) is 0.121. The molecule has 0 aromatic heterocycles. The van der Waals surface area contributed by atoms with Crippen LogP contribution in [0.5, 0.6) is 5.75 Å². The predicted octanol–water partition coefficient (Wildman–Crippen LogP) is 2.50. The highest BCUT2D eigenvalue weighted by Crippen LogP contribution is 2.29. The number of benzene rings is 1. The molecule has 1 fully saturated rings. The second kappa shape index (κ2) is 5.92. The molecule has 1 aromatic carbocycles. The van der Waals surface area contributed by atoms with Crippen molar-refractivity contribution in [3.8, 4) is 5.75 Å². The molecule has 0 spiro atoms. The van der Waals surface area contributed by atoms with Gasteiger partial charge < -0.3 is 5.11 Å². The van der Waals surface area contributed by atoms with E-state index < -0.39 is 10.0 Å². The predicted molar refractivity (Wildman–Crippen MR) is 74.4 cm³/mol. The van der Waals surface area contributed by atoms with E-state index in [-0.39, 0.29) is 10.6 Å². The average Bonchev–Trinajstić information content (AvgIpc) is 2.38. The molecule has 2 unspecified atom stereocenters. The first-order chi connectivity index (χ1) is 8.99. The molecule has 0 radical (unpaired) electrons. The maximum Gasteiger partial charge on any atom is 0.240 e. The minimum absolute atomic E-state index is 0.0334. The Morgan fingerprint density at radius 1 is 1.32 bits per heavy atom. The Bertz CT molecular complexity index is 527. The van der Waals surface area contributed by atoms with Crippen LogP contribution in [0.2, 0.25) is 0 Å². The molecule has 5 heteroatoms. The number of sulfonamides is 1. The van der Waals surface area contributed by atoms with Crippen molar-refractivity contribution < 1.29 is 13.5 Å². The molecule has 0 saturated heterocycles. The van der Waals surface area contributed by atoms with Crippen LogP contribution < -0.4 is 4.72 Å². The minimum atomic E-state index is -3.52. The van der Waals surface area contributed by atoms with E-state index in [0.717, 1.165) is 6.42 Å². The molecule has 2 rings (SSSR count). The maximum atomic E-state index is 12.1. The quantitative estimate of drug-likeness (QED) is 0.892. The fourth-order valence-electron chi connectivity index (χ4n) is 2.65. The normalized spacial score (nSPS) is 24.3. The Kier molecular flexibility index (Phi) is 4.47. The van der Waals surface area contributed by atoms with Crippen LogP contribution in [-0.2, 0) is 10.0 Å². The van der Waals surface area contributed by atoms with Crippen LogP contribution in [0, 0.1) is 11.8 Å². The number of phenolic OH excluding ortho intramolecular Hbond substituents is 1. The standard InChI is InChI=1S/C14H21NO3S/c1-11-5-2-3-6-12(11)10-15-19(17,18)14-8-4-7-13(16)9-14/h4,7-9,11-12,15-16H,2-3,5-6,10H2,1H3. The molecular weight excluding hydrogens is 262 g/mol. The number of hydrogen-bond donors (Lipinski definition) is 2. The van der Waals surface area contributed by atoms with E-state index in [0.29, 0.717) is 18.4 Å². The lowest BCUT2D eigenvalue weighted by molar-refractivity contribution is 0.257. The van der Waals surface area contributed by atoms with Crippen LogP contribution in [-0.4, -0.2) is 20.1 Å². The van der Waals surface area contributed by atoms with Crippen LogP contribution in [0.3, 0.4) is 0 Å². The van der Waals surface area contributed by atoms with Crippen molar-refractivity contribution in [2.24, 2.45) is 11.8 Å². The number of nitrogens with one attached hydrogen (secondary N) is 1. The van der Waals surface area contributed by atoms with E-state index in [9.17, 15) is 13.5 Å². The molecule has 0 heterocycles. The second-order valence-corrected chi connectivity index (χ2v) is 7.14. The van der Waals surface area contributed by atoms with Gasteiger partial charge in [-0.05, 0) is 36.5 Å². The summed E-state index contributed by atoms with van der Waals surface area (Å²) < 4.78 is 26.9. The molecule has 19 heavy (non-hydrogen) atoms. The molecule has 0 aliphatic heterocycles. The fourth-order valence-corrected chi connectivity index (χ4v) is 3.78. The van der Waals surface area contributed by atoms with Gasteiger partial charge in [-0.2, -0.15) is 0 Å². The molecule has 1 aliphatic rings. The molecule has 106 valence electrons. The monoisotopic (exact) mass is 283 g/mol. The topological polar surface area (TPSA) is 66.4 Å². The summed E-state index contributed by atoms with van der Waals surface area (Å²) in [5, 5.41) is 9.34. The minimum Gasteiger partial charge on any atom is -0.508 e. The van der Waals surface area contributed by atoms with Crippen LogP contribution in [0.4, 0.5) is 0 Å². The summed E-state index contributed by atoms with van der Waals surface area (Å²) in [6.45, 7) is 2.67. The SMILES string of the molecule is CC1CCCCC1CNS(=O)(=O)c1cccc(O)c1. The molecule has 1 saturated carbocycles. The van der Waals surface area contributed by atoms with Crippen LogP contribution >= 0.6 is 0 Å². The second-order valence-electron chi connectivity index (χ2n) is 5.37. The Balaban J connectivity index is 2.01. The van der Waals surface area contributed by atoms with E-state index in [2.05, 4.69) is 11.6 Å². The zero-order valence-electron chi connectivity index (χ0n) is 11.2. The van der Waals surface area contributed by atoms with E-state index in [1.807, 2.05) is 0 Å². The third-order valence-corrected chi connectivity index (χ3v) is 5.37. The summed E-state index contributed by atoms with van der Waals surface area (Å²) in [7, 11) is -3.52. The van der Waals surface area contributed by atoms with E-state index in [1.165, 1.54) is 43.5 Å².